The molecule has 146 valence electrons. The molecule has 1 aromatic heterocycles. The van der Waals surface area contributed by atoms with E-state index >= 15 is 0 Å². The molecule has 2 rings (SSSR count). The van der Waals surface area contributed by atoms with E-state index in [9.17, 15) is 18.0 Å². The minimum Gasteiger partial charge on any atom is -0.484 e. The summed E-state index contributed by atoms with van der Waals surface area (Å²) in [5.74, 6) is 0.0289. The van der Waals surface area contributed by atoms with Crippen molar-refractivity contribution in [3.05, 3.63) is 52.6 Å². The third-order valence-corrected chi connectivity index (χ3v) is 3.56. The van der Waals surface area contributed by atoms with Gasteiger partial charge in [-0.1, -0.05) is 0 Å². The molecule has 1 N–H and O–H groups in total. The zero-order chi connectivity index (χ0) is 20.0. The van der Waals surface area contributed by atoms with Gasteiger partial charge in [-0.05, 0) is 31.2 Å². The molecular formula is C17H18F3N3O3S. The van der Waals surface area contributed by atoms with Crippen molar-refractivity contribution in [1.82, 2.24) is 14.9 Å². The number of hydrogen-bond donors (Lipinski definition) is 2. The number of aromatic nitrogens is 2. The molecule has 0 aliphatic rings. The lowest BCUT2D eigenvalue weighted by Gasteiger charge is -2.14. The van der Waals surface area contributed by atoms with Crippen LogP contribution in [0.25, 0.3) is 10.6 Å². The fourth-order valence-electron chi connectivity index (χ4n) is 2.12. The van der Waals surface area contributed by atoms with Gasteiger partial charge in [0.1, 0.15) is 5.75 Å². The summed E-state index contributed by atoms with van der Waals surface area (Å²) in [5, 5.41) is 2.79. The Morgan fingerprint density at radius 3 is 2.52 bits per heavy atom. The number of nitrogens with zero attached hydrogens (tertiary/aromatic N) is 2. The Morgan fingerprint density at radius 2 is 1.96 bits per heavy atom. The summed E-state index contributed by atoms with van der Waals surface area (Å²) in [6, 6.07) is 6.89. The Labute approximate surface area is 159 Å². The van der Waals surface area contributed by atoms with E-state index < -0.39 is 18.3 Å². The van der Waals surface area contributed by atoms with Crippen molar-refractivity contribution in [2.75, 3.05) is 20.3 Å². The van der Waals surface area contributed by atoms with E-state index in [1.54, 1.807) is 20.2 Å². The van der Waals surface area contributed by atoms with Crippen molar-refractivity contribution in [3.8, 4) is 17.4 Å². The fourth-order valence-corrected chi connectivity index (χ4v) is 2.37. The number of thiol groups is 1. The van der Waals surface area contributed by atoms with Crippen molar-refractivity contribution in [1.29, 1.82) is 0 Å². The molecule has 0 radical (unpaired) electrons. The van der Waals surface area contributed by atoms with E-state index in [0.717, 1.165) is 0 Å². The minimum absolute atomic E-state index is 0.0289. The number of benzene rings is 1. The Balaban J connectivity index is 2.39. The molecule has 1 aromatic carbocycles. The first-order valence-electron chi connectivity index (χ1n) is 7.89. The summed E-state index contributed by atoms with van der Waals surface area (Å²) in [5.41, 5.74) is 0.270. The summed E-state index contributed by atoms with van der Waals surface area (Å²) >= 11 is 4.27. The first kappa shape index (κ1) is 20.7. The molecule has 27 heavy (non-hydrogen) atoms. The molecule has 0 spiro atoms. The van der Waals surface area contributed by atoms with Crippen LogP contribution in [0, 0.1) is 0 Å². The quantitative estimate of drug-likeness (QED) is 0.699. The Bertz CT molecular complexity index is 864. The van der Waals surface area contributed by atoms with Gasteiger partial charge < -0.3 is 14.8 Å². The van der Waals surface area contributed by atoms with Crippen LogP contribution >= 0.6 is 12.6 Å². The van der Waals surface area contributed by atoms with Crippen LogP contribution in [0.15, 0.2) is 41.3 Å². The van der Waals surface area contributed by atoms with Gasteiger partial charge in [0.15, 0.2) is 6.61 Å². The first-order valence-corrected chi connectivity index (χ1v) is 8.33. The highest BCUT2D eigenvalue weighted by Gasteiger charge is 2.28. The molecule has 0 amide bonds. The molecule has 0 saturated heterocycles. The molecule has 2 aromatic rings. The molecule has 0 aliphatic carbocycles. The van der Waals surface area contributed by atoms with Gasteiger partial charge in [-0.15, -0.1) is 12.6 Å². The Morgan fingerprint density at radius 1 is 1.30 bits per heavy atom. The maximum atomic E-state index is 12.6. The number of ether oxygens (including phenoxy) is 2. The normalized spacial score (nSPS) is 12.0. The molecule has 0 atom stereocenters. The first-order chi connectivity index (χ1) is 12.7. The highest BCUT2D eigenvalue weighted by atomic mass is 32.1. The molecule has 1 heterocycles. The molecule has 0 bridgehead atoms. The minimum atomic E-state index is -4.43. The smallest absolute Gasteiger partial charge is 0.422 e. The van der Waals surface area contributed by atoms with Crippen LogP contribution < -0.4 is 20.3 Å². The molecule has 6 nitrogen and oxygen atoms in total. The monoisotopic (exact) mass is 401 g/mol. The van der Waals surface area contributed by atoms with Gasteiger partial charge in [0.05, 0.1) is 18.0 Å². The van der Waals surface area contributed by atoms with E-state index in [1.165, 1.54) is 34.9 Å². The molecule has 10 heteroatoms. The van der Waals surface area contributed by atoms with Gasteiger partial charge in [-0.2, -0.15) is 18.2 Å². The summed E-state index contributed by atoms with van der Waals surface area (Å²) in [7, 11) is 1.68. The predicted molar refractivity (Wildman–Crippen MR) is 98.6 cm³/mol. The second-order valence-electron chi connectivity index (χ2n) is 5.25. The van der Waals surface area contributed by atoms with Gasteiger partial charge in [0, 0.05) is 24.2 Å². The van der Waals surface area contributed by atoms with Crippen LogP contribution in [0.3, 0.4) is 0 Å². The van der Waals surface area contributed by atoms with E-state index in [1.807, 2.05) is 0 Å². The second-order valence-corrected chi connectivity index (χ2v) is 5.73. The number of nitrogens with one attached hydrogen (secondary N) is 1. The van der Waals surface area contributed by atoms with E-state index in [4.69, 9.17) is 4.74 Å². The van der Waals surface area contributed by atoms with Gasteiger partial charge in [0.25, 0.3) is 5.56 Å². The highest BCUT2D eigenvalue weighted by molar-refractivity contribution is 7.90. The summed E-state index contributed by atoms with van der Waals surface area (Å²) in [4.78, 5) is 17.3. The second kappa shape index (κ2) is 8.85. The van der Waals surface area contributed by atoms with Crippen LogP contribution in [0.5, 0.6) is 11.8 Å². The largest absolute Gasteiger partial charge is 0.484 e. The van der Waals surface area contributed by atoms with E-state index in [0.29, 0.717) is 16.3 Å². The Hall–Kier alpha value is -2.62. The predicted octanol–water partition coefficient (Wildman–Crippen LogP) is 3.02. The maximum Gasteiger partial charge on any atom is 0.422 e. The average Bonchev–Trinajstić information content (AvgIpc) is 2.60. The van der Waals surface area contributed by atoms with Crippen molar-refractivity contribution in [2.45, 2.75) is 13.1 Å². The molecule has 0 fully saturated rings. The summed E-state index contributed by atoms with van der Waals surface area (Å²) in [6.45, 7) is 0.609. The van der Waals surface area contributed by atoms with Crippen LogP contribution in [-0.2, 0) is 0 Å². The number of hydrogen-bond acceptors (Lipinski definition) is 6. The van der Waals surface area contributed by atoms with Crippen LogP contribution in [-0.4, -0.2) is 36.0 Å². The SMILES string of the molecule is CCOc1nc(/C(S)=C/NC)cc(=O)n1-c1ccc(OCC(F)(F)F)cc1. The molecule has 0 unspecified atom stereocenters. The lowest BCUT2D eigenvalue weighted by atomic mass is 10.3. The van der Waals surface area contributed by atoms with Crippen LogP contribution in [0.4, 0.5) is 13.2 Å². The van der Waals surface area contributed by atoms with Crippen molar-refractivity contribution >= 4 is 17.5 Å². The van der Waals surface area contributed by atoms with Gasteiger partial charge in [-0.3, -0.25) is 4.79 Å². The number of alkyl halides is 3. The average molecular weight is 401 g/mol. The Kier molecular flexibility index (Phi) is 6.78. The van der Waals surface area contributed by atoms with Gasteiger partial charge in [-0.25, -0.2) is 4.57 Å². The highest BCUT2D eigenvalue weighted by Crippen LogP contribution is 2.22. The van der Waals surface area contributed by atoms with Gasteiger partial charge >= 0.3 is 12.2 Å². The fraction of sp³-hybridized carbons (Fsp3) is 0.294. The topological polar surface area (TPSA) is 65.4 Å². The third kappa shape index (κ3) is 5.68. The standard InChI is InChI=1S/C17H18F3N3O3S/c1-3-25-16-22-13(14(27)9-21-2)8-15(24)23(16)11-4-6-12(7-5-11)26-10-17(18,19)20/h4-9,21,27H,3,10H2,1-2H3/b14-9-. The maximum absolute atomic E-state index is 12.6. The van der Waals surface area contributed by atoms with E-state index in [2.05, 4.69) is 27.7 Å². The van der Waals surface area contributed by atoms with Crippen LogP contribution in [0.1, 0.15) is 12.6 Å². The van der Waals surface area contributed by atoms with Crippen molar-refractivity contribution in [2.24, 2.45) is 0 Å². The lowest BCUT2D eigenvalue weighted by Crippen LogP contribution is -2.22. The molecule has 0 aliphatic heterocycles. The van der Waals surface area contributed by atoms with Crippen molar-refractivity contribution < 1.29 is 22.6 Å². The van der Waals surface area contributed by atoms with Crippen LogP contribution in [0.2, 0.25) is 0 Å². The van der Waals surface area contributed by atoms with Crippen molar-refractivity contribution in [3.63, 3.8) is 0 Å². The zero-order valence-corrected chi connectivity index (χ0v) is 15.5. The number of halogens is 3. The summed E-state index contributed by atoms with van der Waals surface area (Å²) in [6.07, 6.45) is -2.86. The lowest BCUT2D eigenvalue weighted by molar-refractivity contribution is -0.153. The molecule has 0 saturated carbocycles. The summed E-state index contributed by atoms with van der Waals surface area (Å²) < 4.78 is 48.0. The molecular weight excluding hydrogens is 383 g/mol. The number of rotatable bonds is 7. The van der Waals surface area contributed by atoms with E-state index in [-0.39, 0.29) is 18.4 Å². The zero-order valence-electron chi connectivity index (χ0n) is 14.6. The third-order valence-electron chi connectivity index (χ3n) is 3.20. The van der Waals surface area contributed by atoms with Gasteiger partial charge in [0.2, 0.25) is 0 Å².